The van der Waals surface area contributed by atoms with Crippen molar-refractivity contribution in [2.45, 2.75) is 37.6 Å². The first-order valence-electron chi connectivity index (χ1n) is 6.46. The Morgan fingerprint density at radius 1 is 1.11 bits per heavy atom. The van der Waals surface area contributed by atoms with E-state index >= 15 is 0 Å². The van der Waals surface area contributed by atoms with Crippen molar-refractivity contribution in [3.63, 3.8) is 0 Å². The second-order valence-electron chi connectivity index (χ2n) is 5.98. The molecule has 2 heteroatoms. The van der Waals surface area contributed by atoms with E-state index in [1.54, 1.807) is 6.07 Å². The molecule has 1 saturated carbocycles. The summed E-state index contributed by atoms with van der Waals surface area (Å²) in [7, 11) is 0. The highest BCUT2D eigenvalue weighted by molar-refractivity contribution is 5.89. The molecule has 94 valence electrons. The first-order chi connectivity index (χ1) is 8.46. The molecule has 0 aliphatic heterocycles. The normalized spacial score (nSPS) is 17.9. The quantitative estimate of drug-likeness (QED) is 0.847. The Hall–Kier alpha value is -1.54. The average molecular weight is 241 g/mol. The minimum absolute atomic E-state index is 0.0715. The van der Waals surface area contributed by atoms with Crippen LogP contribution in [0.15, 0.2) is 36.4 Å². The van der Waals surface area contributed by atoms with E-state index in [9.17, 15) is 5.11 Å². The van der Waals surface area contributed by atoms with Gasteiger partial charge in [-0.1, -0.05) is 30.3 Å². The van der Waals surface area contributed by atoms with Crippen LogP contribution < -0.4 is 5.73 Å². The molecule has 0 bridgehead atoms. The summed E-state index contributed by atoms with van der Waals surface area (Å²) in [6, 6.07) is 12.0. The monoisotopic (exact) mass is 241 g/mol. The van der Waals surface area contributed by atoms with Gasteiger partial charge in [0.05, 0.1) is 0 Å². The van der Waals surface area contributed by atoms with Crippen LogP contribution in [-0.2, 0) is 5.41 Å². The summed E-state index contributed by atoms with van der Waals surface area (Å²) in [6.07, 6.45) is 2.11. The van der Waals surface area contributed by atoms with Gasteiger partial charge >= 0.3 is 0 Å². The summed E-state index contributed by atoms with van der Waals surface area (Å²) in [5, 5.41) is 12.6. The molecule has 3 N–H and O–H groups in total. The topological polar surface area (TPSA) is 46.2 Å². The van der Waals surface area contributed by atoms with Crippen molar-refractivity contribution < 1.29 is 5.11 Å². The molecule has 0 saturated heterocycles. The molecular weight excluding hydrogens is 222 g/mol. The van der Waals surface area contributed by atoms with Gasteiger partial charge in [-0.25, -0.2) is 0 Å². The smallest absolute Gasteiger partial charge is 0.120 e. The van der Waals surface area contributed by atoms with E-state index in [1.165, 1.54) is 5.39 Å². The molecular formula is C16H19NO. The zero-order valence-corrected chi connectivity index (χ0v) is 10.9. The van der Waals surface area contributed by atoms with Gasteiger partial charge in [-0.05, 0) is 43.5 Å². The Labute approximate surface area is 107 Å². The standard InChI is InChI=1S/C16H19NO/c1-15(2,17)16(9-10-16)14-12-6-4-3-5-11(12)7-8-13(14)18/h3-8,18H,9-10,17H2,1-2H3. The van der Waals surface area contributed by atoms with Crippen molar-refractivity contribution in [1.29, 1.82) is 0 Å². The van der Waals surface area contributed by atoms with Crippen molar-refractivity contribution in [2.24, 2.45) is 5.73 Å². The molecule has 0 unspecified atom stereocenters. The summed E-state index contributed by atoms with van der Waals surface area (Å²) in [5.41, 5.74) is 7.01. The molecule has 0 aromatic heterocycles. The van der Waals surface area contributed by atoms with Crippen molar-refractivity contribution in [1.82, 2.24) is 0 Å². The summed E-state index contributed by atoms with van der Waals surface area (Å²) >= 11 is 0. The number of rotatable bonds is 2. The Kier molecular flexibility index (Phi) is 2.23. The summed E-state index contributed by atoms with van der Waals surface area (Å²) in [5.74, 6) is 0.379. The van der Waals surface area contributed by atoms with E-state index in [4.69, 9.17) is 5.73 Å². The lowest BCUT2D eigenvalue weighted by Crippen LogP contribution is -2.45. The maximum Gasteiger partial charge on any atom is 0.120 e. The lowest BCUT2D eigenvalue weighted by Gasteiger charge is -2.32. The van der Waals surface area contributed by atoms with Gasteiger partial charge in [0.1, 0.15) is 5.75 Å². The van der Waals surface area contributed by atoms with Crippen molar-refractivity contribution in [3.05, 3.63) is 42.0 Å². The predicted molar refractivity (Wildman–Crippen MR) is 74.8 cm³/mol. The van der Waals surface area contributed by atoms with E-state index in [0.717, 1.165) is 23.8 Å². The van der Waals surface area contributed by atoms with Gasteiger partial charge in [0.25, 0.3) is 0 Å². The fourth-order valence-electron chi connectivity index (χ4n) is 3.10. The fraction of sp³-hybridized carbons (Fsp3) is 0.375. The third-order valence-electron chi connectivity index (χ3n) is 4.37. The number of phenolic OH excluding ortho intramolecular Hbond substituents is 1. The van der Waals surface area contributed by atoms with Crippen LogP contribution in [0.25, 0.3) is 10.8 Å². The lowest BCUT2D eigenvalue weighted by molar-refractivity contribution is 0.375. The molecule has 18 heavy (non-hydrogen) atoms. The van der Waals surface area contributed by atoms with E-state index in [-0.39, 0.29) is 11.0 Å². The third-order valence-corrected chi connectivity index (χ3v) is 4.37. The van der Waals surface area contributed by atoms with Crippen LogP contribution in [0.5, 0.6) is 5.75 Å². The number of nitrogens with two attached hydrogens (primary N) is 1. The summed E-state index contributed by atoms with van der Waals surface area (Å²) < 4.78 is 0. The van der Waals surface area contributed by atoms with E-state index in [1.807, 2.05) is 18.2 Å². The number of phenols is 1. The van der Waals surface area contributed by atoms with Crippen LogP contribution in [0.3, 0.4) is 0 Å². The molecule has 0 radical (unpaired) electrons. The largest absolute Gasteiger partial charge is 0.508 e. The van der Waals surface area contributed by atoms with Crippen LogP contribution in [-0.4, -0.2) is 10.6 Å². The van der Waals surface area contributed by atoms with Crippen molar-refractivity contribution >= 4 is 10.8 Å². The van der Waals surface area contributed by atoms with Crippen LogP contribution >= 0.6 is 0 Å². The molecule has 0 heterocycles. The van der Waals surface area contributed by atoms with Gasteiger partial charge in [0.15, 0.2) is 0 Å². The number of hydrogen-bond donors (Lipinski definition) is 2. The second kappa shape index (κ2) is 3.48. The van der Waals surface area contributed by atoms with Gasteiger partial charge in [0, 0.05) is 16.5 Å². The van der Waals surface area contributed by atoms with Crippen LogP contribution in [0.4, 0.5) is 0 Å². The molecule has 0 amide bonds. The Morgan fingerprint density at radius 3 is 2.39 bits per heavy atom. The van der Waals surface area contributed by atoms with Crippen LogP contribution in [0, 0.1) is 0 Å². The number of aromatic hydroxyl groups is 1. The zero-order valence-electron chi connectivity index (χ0n) is 10.9. The number of fused-ring (bicyclic) bond motifs is 1. The number of hydrogen-bond acceptors (Lipinski definition) is 2. The van der Waals surface area contributed by atoms with E-state index in [2.05, 4.69) is 26.0 Å². The minimum Gasteiger partial charge on any atom is -0.508 e. The molecule has 2 aromatic rings. The van der Waals surface area contributed by atoms with Gasteiger partial charge in [0.2, 0.25) is 0 Å². The van der Waals surface area contributed by atoms with Crippen LogP contribution in [0.1, 0.15) is 32.3 Å². The number of benzene rings is 2. The highest BCUT2D eigenvalue weighted by atomic mass is 16.3. The van der Waals surface area contributed by atoms with Gasteiger partial charge < -0.3 is 10.8 Å². The summed E-state index contributed by atoms with van der Waals surface area (Å²) in [4.78, 5) is 0. The van der Waals surface area contributed by atoms with Gasteiger partial charge in [-0.2, -0.15) is 0 Å². The van der Waals surface area contributed by atoms with Crippen LogP contribution in [0.2, 0.25) is 0 Å². The second-order valence-corrected chi connectivity index (χ2v) is 5.98. The molecule has 0 spiro atoms. The summed E-state index contributed by atoms with van der Waals surface area (Å²) in [6.45, 7) is 4.11. The van der Waals surface area contributed by atoms with Gasteiger partial charge in [-0.3, -0.25) is 0 Å². The van der Waals surface area contributed by atoms with Gasteiger partial charge in [-0.15, -0.1) is 0 Å². The zero-order chi connectivity index (χ0) is 13.0. The maximum absolute atomic E-state index is 10.3. The molecule has 0 atom stereocenters. The van der Waals surface area contributed by atoms with Crippen molar-refractivity contribution in [3.8, 4) is 5.75 Å². The predicted octanol–water partition coefficient (Wildman–Crippen LogP) is 3.31. The lowest BCUT2D eigenvalue weighted by atomic mass is 9.77. The Morgan fingerprint density at radius 2 is 1.78 bits per heavy atom. The van der Waals surface area contributed by atoms with Crippen molar-refractivity contribution in [2.75, 3.05) is 0 Å². The molecule has 1 fully saturated rings. The molecule has 1 aliphatic carbocycles. The third kappa shape index (κ3) is 1.45. The highest BCUT2D eigenvalue weighted by Crippen LogP contribution is 2.58. The minimum atomic E-state index is -0.311. The highest BCUT2D eigenvalue weighted by Gasteiger charge is 2.55. The molecule has 1 aliphatic rings. The first kappa shape index (κ1) is 11.5. The fourth-order valence-corrected chi connectivity index (χ4v) is 3.10. The SMILES string of the molecule is CC(C)(N)C1(c2c(O)ccc3ccccc23)CC1. The average Bonchev–Trinajstić information content (AvgIpc) is 3.09. The first-order valence-corrected chi connectivity index (χ1v) is 6.46. The van der Waals surface area contributed by atoms with E-state index in [0.29, 0.717) is 5.75 Å². The molecule has 3 rings (SSSR count). The van der Waals surface area contributed by atoms with E-state index < -0.39 is 0 Å². The Balaban J connectivity index is 2.33. The maximum atomic E-state index is 10.3. The Bertz CT molecular complexity index is 606. The molecule has 2 nitrogen and oxygen atoms in total. The molecule has 2 aromatic carbocycles.